The van der Waals surface area contributed by atoms with Crippen LogP contribution in [0, 0.1) is 11.7 Å². The van der Waals surface area contributed by atoms with Crippen molar-refractivity contribution in [3.8, 4) is 11.4 Å². The molecule has 2 N–H and O–H groups in total. The molecule has 6 nitrogen and oxygen atoms in total. The van der Waals surface area contributed by atoms with Crippen molar-refractivity contribution in [2.24, 2.45) is 0 Å². The molecule has 0 unspecified atom stereocenters. The van der Waals surface area contributed by atoms with E-state index in [-0.39, 0.29) is 18.5 Å². The van der Waals surface area contributed by atoms with E-state index in [4.69, 9.17) is 16.6 Å². The lowest BCUT2D eigenvalue weighted by molar-refractivity contribution is -0.122. The fraction of sp³-hybridized carbons (Fsp3) is 0.190. The molecule has 0 spiro atoms. The molecule has 2 aromatic heterocycles. The van der Waals surface area contributed by atoms with E-state index >= 15 is 0 Å². The number of hydrogen-bond acceptors (Lipinski definition) is 4. The SMILES string of the molecule is Cc1ccc(-c2n[nH]c(=S)n2CC(=O)N[C@H](C)c2cc3ccccc3o2)cc1. The van der Waals surface area contributed by atoms with Crippen molar-refractivity contribution in [2.75, 3.05) is 0 Å². The van der Waals surface area contributed by atoms with Crippen LogP contribution in [0.5, 0.6) is 0 Å². The van der Waals surface area contributed by atoms with Crippen molar-refractivity contribution in [3.05, 3.63) is 70.7 Å². The molecule has 0 saturated carbocycles. The number of carbonyl (C=O) groups excluding carboxylic acids is 1. The minimum absolute atomic E-state index is 0.0725. The Labute approximate surface area is 167 Å². The smallest absolute Gasteiger partial charge is 0.240 e. The molecule has 0 aliphatic carbocycles. The maximum Gasteiger partial charge on any atom is 0.240 e. The summed E-state index contributed by atoms with van der Waals surface area (Å²) in [5, 5.41) is 11.0. The lowest BCUT2D eigenvalue weighted by atomic mass is 10.1. The highest BCUT2D eigenvalue weighted by Crippen LogP contribution is 2.24. The topological polar surface area (TPSA) is 75.8 Å². The maximum absolute atomic E-state index is 12.6. The summed E-state index contributed by atoms with van der Waals surface area (Å²) in [6, 6.07) is 17.4. The van der Waals surface area contributed by atoms with E-state index < -0.39 is 0 Å². The Morgan fingerprint density at radius 1 is 1.25 bits per heavy atom. The molecule has 142 valence electrons. The van der Waals surface area contributed by atoms with E-state index in [0.29, 0.717) is 16.4 Å². The monoisotopic (exact) mass is 392 g/mol. The van der Waals surface area contributed by atoms with Gasteiger partial charge in [0.1, 0.15) is 17.9 Å². The molecule has 0 fully saturated rings. The van der Waals surface area contributed by atoms with Gasteiger partial charge in [0.05, 0.1) is 6.04 Å². The van der Waals surface area contributed by atoms with Crippen LogP contribution in [-0.4, -0.2) is 20.7 Å². The van der Waals surface area contributed by atoms with E-state index in [2.05, 4.69) is 15.5 Å². The summed E-state index contributed by atoms with van der Waals surface area (Å²) in [6.07, 6.45) is 0. The summed E-state index contributed by atoms with van der Waals surface area (Å²) in [5.41, 5.74) is 2.86. The predicted octanol–water partition coefficient (Wildman–Crippen LogP) is 4.54. The maximum atomic E-state index is 12.6. The number of furan rings is 1. The fourth-order valence-electron chi connectivity index (χ4n) is 3.11. The van der Waals surface area contributed by atoms with Gasteiger partial charge < -0.3 is 9.73 Å². The highest BCUT2D eigenvalue weighted by atomic mass is 32.1. The molecule has 1 atom stereocenters. The Morgan fingerprint density at radius 3 is 2.75 bits per heavy atom. The summed E-state index contributed by atoms with van der Waals surface area (Å²) >= 11 is 5.31. The Bertz CT molecular complexity index is 1150. The van der Waals surface area contributed by atoms with E-state index in [1.54, 1.807) is 4.57 Å². The first-order valence-electron chi connectivity index (χ1n) is 9.01. The van der Waals surface area contributed by atoms with Crippen molar-refractivity contribution in [3.63, 3.8) is 0 Å². The quantitative estimate of drug-likeness (QED) is 0.489. The lowest BCUT2D eigenvalue weighted by Gasteiger charge is -2.12. The van der Waals surface area contributed by atoms with Gasteiger partial charge >= 0.3 is 0 Å². The number of aromatic amines is 1. The molecule has 2 aromatic carbocycles. The Balaban J connectivity index is 1.51. The average molecular weight is 392 g/mol. The number of benzene rings is 2. The zero-order valence-electron chi connectivity index (χ0n) is 15.6. The van der Waals surface area contributed by atoms with Crippen LogP contribution in [0.15, 0.2) is 59.0 Å². The molecule has 0 saturated heterocycles. The van der Waals surface area contributed by atoms with Crippen LogP contribution in [0.25, 0.3) is 22.4 Å². The third kappa shape index (κ3) is 3.61. The van der Waals surface area contributed by atoms with E-state index in [0.717, 1.165) is 22.1 Å². The molecule has 2 heterocycles. The Hall–Kier alpha value is -3.19. The number of aromatic nitrogens is 3. The van der Waals surface area contributed by atoms with Gasteiger partial charge in [0.25, 0.3) is 0 Å². The third-order valence-corrected chi connectivity index (χ3v) is 4.93. The van der Waals surface area contributed by atoms with Crippen molar-refractivity contribution in [1.29, 1.82) is 0 Å². The van der Waals surface area contributed by atoms with Crippen LogP contribution >= 0.6 is 12.2 Å². The van der Waals surface area contributed by atoms with Crippen LogP contribution < -0.4 is 5.32 Å². The molecule has 0 bridgehead atoms. The van der Waals surface area contributed by atoms with Crippen molar-refractivity contribution >= 4 is 29.1 Å². The van der Waals surface area contributed by atoms with Crippen molar-refractivity contribution < 1.29 is 9.21 Å². The third-order valence-electron chi connectivity index (χ3n) is 4.62. The largest absolute Gasteiger partial charge is 0.459 e. The number of aryl methyl sites for hydroxylation is 1. The minimum Gasteiger partial charge on any atom is -0.459 e. The lowest BCUT2D eigenvalue weighted by Crippen LogP contribution is -2.30. The van der Waals surface area contributed by atoms with E-state index in [1.807, 2.05) is 68.4 Å². The number of hydrogen-bond donors (Lipinski definition) is 2. The van der Waals surface area contributed by atoms with Crippen LogP contribution in [0.4, 0.5) is 0 Å². The number of fused-ring (bicyclic) bond motifs is 1. The first-order chi connectivity index (χ1) is 13.5. The zero-order valence-corrected chi connectivity index (χ0v) is 16.4. The minimum atomic E-state index is -0.260. The number of nitrogens with zero attached hydrogens (tertiary/aromatic N) is 2. The van der Waals surface area contributed by atoms with Gasteiger partial charge in [-0.2, -0.15) is 5.10 Å². The molecule has 7 heteroatoms. The van der Waals surface area contributed by atoms with E-state index in [1.165, 1.54) is 0 Å². The summed E-state index contributed by atoms with van der Waals surface area (Å²) in [4.78, 5) is 12.6. The molecule has 4 rings (SSSR count). The van der Waals surface area contributed by atoms with Crippen molar-refractivity contribution in [2.45, 2.75) is 26.4 Å². The Kier molecular flexibility index (Phi) is 4.83. The molecule has 0 aliphatic rings. The van der Waals surface area contributed by atoms with Crippen LogP contribution in [-0.2, 0) is 11.3 Å². The average Bonchev–Trinajstić information content (AvgIpc) is 3.27. The molecule has 1 amide bonds. The van der Waals surface area contributed by atoms with Gasteiger partial charge in [-0.3, -0.25) is 14.5 Å². The normalized spacial score (nSPS) is 12.2. The van der Waals surface area contributed by atoms with Crippen LogP contribution in [0.2, 0.25) is 0 Å². The fourth-order valence-corrected chi connectivity index (χ4v) is 3.30. The van der Waals surface area contributed by atoms with Crippen molar-refractivity contribution in [1.82, 2.24) is 20.1 Å². The zero-order chi connectivity index (χ0) is 19.7. The van der Waals surface area contributed by atoms with Crippen LogP contribution in [0.1, 0.15) is 24.3 Å². The Morgan fingerprint density at radius 2 is 2.00 bits per heavy atom. The number of carbonyl (C=O) groups is 1. The molecule has 0 radical (unpaired) electrons. The van der Waals surface area contributed by atoms with Gasteiger partial charge in [-0.1, -0.05) is 48.0 Å². The number of rotatable bonds is 5. The second kappa shape index (κ2) is 7.44. The summed E-state index contributed by atoms with van der Waals surface area (Å²) in [7, 11) is 0. The van der Waals surface area contributed by atoms with Gasteiger partial charge in [0, 0.05) is 10.9 Å². The first-order valence-corrected chi connectivity index (χ1v) is 9.42. The number of nitrogens with one attached hydrogen (secondary N) is 2. The molecule has 4 aromatic rings. The molecule has 0 aliphatic heterocycles. The highest BCUT2D eigenvalue weighted by molar-refractivity contribution is 7.71. The number of para-hydroxylation sites is 1. The predicted molar refractivity (Wildman–Crippen MR) is 110 cm³/mol. The summed E-state index contributed by atoms with van der Waals surface area (Å²) in [5.74, 6) is 1.18. The highest BCUT2D eigenvalue weighted by Gasteiger charge is 2.17. The standard InChI is InChI=1S/C21H20N4O2S/c1-13-7-9-15(10-8-13)20-23-24-21(28)25(20)12-19(26)22-14(2)18-11-16-5-3-4-6-17(16)27-18/h3-11,14H,12H2,1-2H3,(H,22,26)(H,24,28)/t14-/m1/s1. The van der Waals surface area contributed by atoms with Gasteiger partial charge in [0.2, 0.25) is 5.91 Å². The number of H-pyrrole nitrogens is 1. The van der Waals surface area contributed by atoms with Crippen LogP contribution in [0.3, 0.4) is 0 Å². The molecular weight excluding hydrogens is 372 g/mol. The second-order valence-electron chi connectivity index (χ2n) is 6.78. The number of amides is 1. The van der Waals surface area contributed by atoms with E-state index in [9.17, 15) is 4.79 Å². The van der Waals surface area contributed by atoms with Gasteiger partial charge in [-0.15, -0.1) is 0 Å². The molecule has 28 heavy (non-hydrogen) atoms. The van der Waals surface area contributed by atoms with Gasteiger partial charge in [-0.05, 0) is 38.2 Å². The summed E-state index contributed by atoms with van der Waals surface area (Å²) < 4.78 is 7.93. The van der Waals surface area contributed by atoms with Gasteiger partial charge in [-0.25, -0.2) is 0 Å². The van der Waals surface area contributed by atoms with Gasteiger partial charge in [0.15, 0.2) is 10.6 Å². The second-order valence-corrected chi connectivity index (χ2v) is 7.17. The molecular formula is C21H20N4O2S. The first kappa shape index (κ1) is 18.2. The summed E-state index contributed by atoms with van der Waals surface area (Å²) in [6.45, 7) is 3.99.